The number of hydrogen-bond acceptors (Lipinski definition) is 5. The molecule has 0 spiro atoms. The fraction of sp³-hybridized carbons (Fsp3) is 0.692. The number of nitrogens with one attached hydrogen (secondary N) is 1. The topological polar surface area (TPSA) is 88.1 Å². The zero-order valence-electron chi connectivity index (χ0n) is 21.6. The summed E-state index contributed by atoms with van der Waals surface area (Å²) in [5, 5.41) is 12.3. The van der Waals surface area contributed by atoms with Crippen LogP contribution in [0.4, 0.5) is 4.79 Å². The summed E-state index contributed by atoms with van der Waals surface area (Å²) in [6, 6.07) is 7.30. The van der Waals surface area contributed by atoms with Gasteiger partial charge in [-0.15, -0.1) is 0 Å². The number of carbonyl (C=O) groups excluding carboxylic acids is 1. The number of amides is 2. The molecule has 0 fully saturated rings. The minimum atomic E-state index is -0.962. The molecule has 2 amide bonds. The average molecular weight is 497 g/mol. The fourth-order valence-electron chi connectivity index (χ4n) is 3.13. The van der Waals surface area contributed by atoms with Crippen molar-refractivity contribution in [1.29, 1.82) is 0 Å². The summed E-state index contributed by atoms with van der Waals surface area (Å²) in [5.41, 5.74) is 0.896. The van der Waals surface area contributed by atoms with Crippen LogP contribution >= 0.6 is 11.8 Å². The fourth-order valence-corrected chi connectivity index (χ4v) is 4.09. The van der Waals surface area contributed by atoms with E-state index in [1.54, 1.807) is 6.92 Å². The van der Waals surface area contributed by atoms with Gasteiger partial charge in [0.05, 0.1) is 6.54 Å². The monoisotopic (exact) mass is 496 g/mol. The lowest BCUT2D eigenvalue weighted by Gasteiger charge is -2.26. The van der Waals surface area contributed by atoms with Crippen LogP contribution in [0.3, 0.4) is 0 Å². The number of thioether (sulfide) groups is 1. The number of benzene rings is 1. The van der Waals surface area contributed by atoms with Crippen molar-refractivity contribution < 1.29 is 24.2 Å². The molecule has 0 bridgehead atoms. The number of rotatable bonds is 17. The molecule has 1 rings (SSSR count). The van der Waals surface area contributed by atoms with Crippen LogP contribution in [0, 0.1) is 5.41 Å². The Morgan fingerprint density at radius 1 is 1.09 bits per heavy atom. The normalized spacial score (nSPS) is 12.3. The van der Waals surface area contributed by atoms with E-state index in [0.29, 0.717) is 45.0 Å². The van der Waals surface area contributed by atoms with E-state index in [0.717, 1.165) is 17.1 Å². The zero-order chi connectivity index (χ0) is 25.4. The lowest BCUT2D eigenvalue weighted by Crippen LogP contribution is -2.45. The van der Waals surface area contributed by atoms with Crippen LogP contribution in [-0.2, 0) is 16.0 Å². The number of unbranched alkanes of at least 4 members (excludes halogenated alkanes) is 2. The summed E-state index contributed by atoms with van der Waals surface area (Å²) in [5.74, 6) is 1.76. The minimum absolute atomic E-state index is 0.0241. The predicted octanol–water partition coefficient (Wildman–Crippen LogP) is 5.08. The van der Waals surface area contributed by atoms with Crippen LogP contribution in [0.5, 0.6) is 5.75 Å². The first-order valence-electron chi connectivity index (χ1n) is 12.3. The van der Waals surface area contributed by atoms with Crippen molar-refractivity contribution in [3.63, 3.8) is 0 Å². The zero-order valence-corrected chi connectivity index (χ0v) is 22.4. The number of hydrogen-bond donors (Lipinski definition) is 2. The van der Waals surface area contributed by atoms with Gasteiger partial charge in [0.1, 0.15) is 12.4 Å². The molecule has 194 valence electrons. The highest BCUT2D eigenvalue weighted by atomic mass is 32.2. The van der Waals surface area contributed by atoms with E-state index < -0.39 is 12.1 Å². The van der Waals surface area contributed by atoms with Crippen LogP contribution < -0.4 is 10.1 Å². The van der Waals surface area contributed by atoms with E-state index in [9.17, 15) is 14.7 Å². The molecule has 0 aromatic heterocycles. The Hall–Kier alpha value is -1.93. The van der Waals surface area contributed by atoms with Crippen LogP contribution in [0.1, 0.15) is 59.4 Å². The summed E-state index contributed by atoms with van der Waals surface area (Å²) >= 11 is 1.89. The van der Waals surface area contributed by atoms with Gasteiger partial charge in [0.25, 0.3) is 0 Å². The molecule has 7 nitrogen and oxygen atoms in total. The van der Waals surface area contributed by atoms with E-state index in [4.69, 9.17) is 9.47 Å². The van der Waals surface area contributed by atoms with E-state index in [1.807, 2.05) is 40.9 Å². The third-order valence-electron chi connectivity index (χ3n) is 5.07. The molecule has 0 heterocycles. The molecule has 0 aliphatic heterocycles. The first-order chi connectivity index (χ1) is 16.2. The molecule has 0 saturated carbocycles. The summed E-state index contributed by atoms with van der Waals surface area (Å²) < 4.78 is 11.1. The molecule has 1 aromatic carbocycles. The quantitative estimate of drug-likeness (QED) is 0.293. The molecule has 1 unspecified atom stereocenters. The maximum Gasteiger partial charge on any atom is 0.333 e. The Labute approximate surface area is 210 Å². The predicted molar refractivity (Wildman–Crippen MR) is 140 cm³/mol. The van der Waals surface area contributed by atoms with E-state index >= 15 is 0 Å². The SMILES string of the molecule is CCCCCSCCN(CCOc1ccc(CC(OCC)C(=O)O)cc1)C(=O)NCC(C)(C)C. The highest BCUT2D eigenvalue weighted by Crippen LogP contribution is 2.15. The Morgan fingerprint density at radius 2 is 1.79 bits per heavy atom. The second-order valence-electron chi connectivity index (χ2n) is 9.50. The van der Waals surface area contributed by atoms with Crippen molar-refractivity contribution in [3.8, 4) is 5.75 Å². The molecular weight excluding hydrogens is 452 g/mol. The van der Waals surface area contributed by atoms with Gasteiger partial charge in [0.15, 0.2) is 6.10 Å². The van der Waals surface area contributed by atoms with E-state index in [1.165, 1.54) is 19.3 Å². The lowest BCUT2D eigenvalue weighted by atomic mass is 9.97. The van der Waals surface area contributed by atoms with Crippen LogP contribution in [0.25, 0.3) is 0 Å². The number of carbonyl (C=O) groups is 2. The molecule has 8 heteroatoms. The van der Waals surface area contributed by atoms with E-state index in [-0.39, 0.29) is 11.4 Å². The Bertz CT molecular complexity index is 706. The number of urea groups is 1. The standard InChI is InChI=1S/C26H44N2O5S/c1-6-8-9-17-34-18-15-28(25(31)27-20-26(3,4)5)14-16-33-22-12-10-21(11-13-22)19-23(24(29)30)32-7-2/h10-13,23H,6-9,14-20H2,1-5H3,(H,27,31)(H,29,30). The van der Waals surface area contributed by atoms with Crippen molar-refractivity contribution in [1.82, 2.24) is 10.2 Å². The number of aliphatic carboxylic acids is 1. The number of carboxylic acids is 1. The minimum Gasteiger partial charge on any atom is -0.492 e. The Kier molecular flexibility index (Phi) is 14.7. The van der Waals surface area contributed by atoms with Crippen molar-refractivity contribution in [3.05, 3.63) is 29.8 Å². The molecule has 1 aromatic rings. The second-order valence-corrected chi connectivity index (χ2v) is 10.7. The Balaban J connectivity index is 2.56. The third kappa shape index (κ3) is 13.7. The maximum absolute atomic E-state index is 12.7. The summed E-state index contributed by atoms with van der Waals surface area (Å²) in [6.45, 7) is 12.8. The highest BCUT2D eigenvalue weighted by Gasteiger charge is 2.19. The van der Waals surface area contributed by atoms with Gasteiger partial charge in [-0.1, -0.05) is 52.7 Å². The molecule has 0 radical (unpaired) electrons. The van der Waals surface area contributed by atoms with Crippen molar-refractivity contribution in [2.75, 3.05) is 44.4 Å². The van der Waals surface area contributed by atoms with Gasteiger partial charge >= 0.3 is 12.0 Å². The van der Waals surface area contributed by atoms with Gasteiger partial charge in [-0.2, -0.15) is 11.8 Å². The van der Waals surface area contributed by atoms with Crippen LogP contribution in [0.2, 0.25) is 0 Å². The van der Waals surface area contributed by atoms with Gasteiger partial charge in [0.2, 0.25) is 0 Å². The van der Waals surface area contributed by atoms with Gasteiger partial charge in [-0.25, -0.2) is 9.59 Å². The third-order valence-corrected chi connectivity index (χ3v) is 6.12. The first kappa shape index (κ1) is 30.1. The molecule has 2 N–H and O–H groups in total. The number of ether oxygens (including phenoxy) is 2. The summed E-state index contributed by atoms with van der Waals surface area (Å²) in [7, 11) is 0. The number of nitrogens with zero attached hydrogens (tertiary/aromatic N) is 1. The molecule has 1 atom stereocenters. The molecule has 0 aliphatic carbocycles. The van der Waals surface area contributed by atoms with Crippen LogP contribution in [0.15, 0.2) is 24.3 Å². The smallest absolute Gasteiger partial charge is 0.333 e. The first-order valence-corrected chi connectivity index (χ1v) is 13.5. The van der Waals surface area contributed by atoms with Gasteiger partial charge in [-0.3, -0.25) is 0 Å². The average Bonchev–Trinajstić information content (AvgIpc) is 2.78. The molecule has 34 heavy (non-hydrogen) atoms. The van der Waals surface area contributed by atoms with Gasteiger partial charge in [0, 0.05) is 31.9 Å². The molecule has 0 saturated heterocycles. The molecular formula is C26H44N2O5S. The summed E-state index contributed by atoms with van der Waals surface area (Å²) in [4.78, 5) is 25.8. The van der Waals surface area contributed by atoms with Gasteiger partial charge in [-0.05, 0) is 42.2 Å². The Morgan fingerprint density at radius 3 is 2.38 bits per heavy atom. The van der Waals surface area contributed by atoms with Crippen molar-refractivity contribution in [2.24, 2.45) is 5.41 Å². The lowest BCUT2D eigenvalue weighted by molar-refractivity contribution is -0.149. The molecule has 0 aliphatic rings. The number of carboxylic acid groups (broad SMARTS) is 1. The largest absolute Gasteiger partial charge is 0.492 e. The summed E-state index contributed by atoms with van der Waals surface area (Å²) in [6.07, 6.45) is 3.14. The van der Waals surface area contributed by atoms with Crippen molar-refractivity contribution in [2.45, 2.75) is 66.4 Å². The van der Waals surface area contributed by atoms with Gasteiger partial charge < -0.3 is 24.8 Å². The maximum atomic E-state index is 12.7. The van der Waals surface area contributed by atoms with E-state index in [2.05, 4.69) is 33.0 Å². The highest BCUT2D eigenvalue weighted by molar-refractivity contribution is 7.99. The second kappa shape index (κ2) is 16.7. The van der Waals surface area contributed by atoms with Crippen LogP contribution in [-0.4, -0.2) is 72.5 Å². The van der Waals surface area contributed by atoms with Crippen molar-refractivity contribution >= 4 is 23.8 Å².